The normalized spacial score (nSPS) is 19.4. The number of nitrogens with one attached hydrogen (secondary N) is 1. The maximum Gasteiger partial charge on any atom is 0.326 e. The van der Waals surface area contributed by atoms with E-state index in [0.29, 0.717) is 40.7 Å². The number of fused-ring (bicyclic) bond motifs is 4. The Hall–Kier alpha value is -4.87. The van der Waals surface area contributed by atoms with Gasteiger partial charge in [0, 0.05) is 17.5 Å². The number of rotatable bonds is 2. The average molecular weight is 566 g/mol. The first-order valence-electron chi connectivity index (χ1n) is 13.6. The van der Waals surface area contributed by atoms with E-state index < -0.39 is 29.3 Å². The molecule has 42 heavy (non-hydrogen) atoms. The maximum absolute atomic E-state index is 14.9. The van der Waals surface area contributed by atoms with Crippen molar-refractivity contribution in [2.45, 2.75) is 44.4 Å². The maximum atomic E-state index is 14.9. The van der Waals surface area contributed by atoms with Crippen molar-refractivity contribution >= 4 is 11.9 Å². The fourth-order valence-electron chi connectivity index (χ4n) is 5.23. The number of halogens is 2. The smallest absolute Gasteiger partial charge is 0.326 e. The molecule has 0 radical (unpaired) electrons. The van der Waals surface area contributed by atoms with Crippen molar-refractivity contribution in [1.82, 2.24) is 5.32 Å². The molecule has 0 saturated carbocycles. The number of amides is 1. The molecule has 0 fully saturated rings. The number of carbonyl (C=O) groups is 2. The Morgan fingerprint density at radius 3 is 2.45 bits per heavy atom. The Labute approximate surface area is 242 Å². The summed E-state index contributed by atoms with van der Waals surface area (Å²) >= 11 is 0. The summed E-state index contributed by atoms with van der Waals surface area (Å²) in [7, 11) is 0. The summed E-state index contributed by atoms with van der Waals surface area (Å²) in [6, 6.07) is 24.5. The second-order valence-corrected chi connectivity index (χ2v) is 10.8. The highest BCUT2D eigenvalue weighted by molar-refractivity contribution is 5.96. The summed E-state index contributed by atoms with van der Waals surface area (Å²) in [6.07, 6.45) is 0.830. The molecule has 1 amide bonds. The van der Waals surface area contributed by atoms with Crippen molar-refractivity contribution in [2.75, 3.05) is 0 Å². The van der Waals surface area contributed by atoms with Crippen LogP contribution in [0.1, 0.15) is 57.6 Å². The third-order valence-corrected chi connectivity index (χ3v) is 7.42. The number of carbonyl (C=O) groups excluding carboxylic acids is 2. The molecular weight excluding hydrogens is 536 g/mol. The lowest BCUT2D eigenvalue weighted by atomic mass is 9.91. The van der Waals surface area contributed by atoms with Crippen LogP contribution >= 0.6 is 0 Å². The number of esters is 1. The van der Waals surface area contributed by atoms with E-state index in [0.717, 1.165) is 5.56 Å². The molecule has 212 valence electrons. The zero-order valence-corrected chi connectivity index (χ0v) is 23.0. The molecule has 2 atom stereocenters. The molecule has 0 aromatic heterocycles. The van der Waals surface area contributed by atoms with Gasteiger partial charge in [0.15, 0.2) is 0 Å². The van der Waals surface area contributed by atoms with Gasteiger partial charge in [0.25, 0.3) is 5.91 Å². The Balaban J connectivity index is 1.61. The molecule has 4 aromatic rings. The van der Waals surface area contributed by atoms with Crippen LogP contribution in [0.5, 0.6) is 0 Å². The lowest BCUT2D eigenvalue weighted by Crippen LogP contribution is -2.48. The predicted molar refractivity (Wildman–Crippen MR) is 154 cm³/mol. The Bertz CT molecular complexity index is 1700. The number of aryl methyl sites for hydroxylation is 1. The summed E-state index contributed by atoms with van der Waals surface area (Å²) in [5.74, 6) is -2.19. The van der Waals surface area contributed by atoms with Crippen LogP contribution in [0.2, 0.25) is 0 Å². The molecule has 1 aliphatic rings. The van der Waals surface area contributed by atoms with Gasteiger partial charge < -0.3 is 15.8 Å². The summed E-state index contributed by atoms with van der Waals surface area (Å²) < 4.78 is 34.9. The minimum atomic E-state index is -1.41. The second-order valence-electron chi connectivity index (χ2n) is 10.8. The minimum absolute atomic E-state index is 0.123. The van der Waals surface area contributed by atoms with Crippen molar-refractivity contribution in [3.63, 3.8) is 0 Å². The molecule has 4 aromatic carbocycles. The minimum Gasteiger partial charge on any atom is -0.459 e. The quantitative estimate of drug-likeness (QED) is 0.294. The van der Waals surface area contributed by atoms with Gasteiger partial charge in [-0.25, -0.2) is 8.78 Å². The molecule has 0 spiro atoms. The van der Waals surface area contributed by atoms with Gasteiger partial charge in [-0.2, -0.15) is 5.26 Å². The zero-order chi connectivity index (χ0) is 29.9. The van der Waals surface area contributed by atoms with Gasteiger partial charge in [-0.3, -0.25) is 9.59 Å². The van der Waals surface area contributed by atoms with E-state index in [1.807, 2.05) is 36.4 Å². The molecule has 1 heterocycles. The van der Waals surface area contributed by atoms with Gasteiger partial charge in [-0.15, -0.1) is 0 Å². The Kier molecular flexibility index (Phi) is 8.14. The molecule has 3 N–H and O–H groups in total. The summed E-state index contributed by atoms with van der Waals surface area (Å²) in [4.78, 5) is 26.8. The number of hydrogen-bond donors (Lipinski definition) is 2. The van der Waals surface area contributed by atoms with Crippen LogP contribution in [0.4, 0.5) is 8.78 Å². The summed E-state index contributed by atoms with van der Waals surface area (Å²) in [6.45, 7) is 1.34. The molecular formula is C34H29F2N3O3. The van der Waals surface area contributed by atoms with E-state index in [2.05, 4.69) is 5.32 Å². The van der Waals surface area contributed by atoms with Gasteiger partial charge in [0.1, 0.15) is 29.8 Å². The average Bonchev–Trinajstić information content (AvgIpc) is 2.98. The Morgan fingerprint density at radius 1 is 0.929 bits per heavy atom. The van der Waals surface area contributed by atoms with E-state index in [-0.39, 0.29) is 30.0 Å². The van der Waals surface area contributed by atoms with Crippen molar-refractivity contribution < 1.29 is 23.1 Å². The van der Waals surface area contributed by atoms with Crippen molar-refractivity contribution in [2.24, 2.45) is 5.73 Å². The van der Waals surface area contributed by atoms with Crippen LogP contribution in [-0.2, 0) is 29.0 Å². The highest BCUT2D eigenvalue weighted by Crippen LogP contribution is 2.29. The van der Waals surface area contributed by atoms with Gasteiger partial charge in [0.2, 0.25) is 0 Å². The largest absolute Gasteiger partial charge is 0.459 e. The number of benzene rings is 4. The van der Waals surface area contributed by atoms with E-state index in [9.17, 15) is 23.6 Å². The molecule has 1 aliphatic heterocycles. The van der Waals surface area contributed by atoms with Crippen LogP contribution in [0, 0.1) is 23.0 Å². The number of hydrogen-bond acceptors (Lipinski definition) is 5. The molecule has 4 bridgehead atoms. The molecule has 6 nitrogen and oxygen atoms in total. The fourth-order valence-corrected chi connectivity index (χ4v) is 5.23. The van der Waals surface area contributed by atoms with E-state index in [4.69, 9.17) is 10.5 Å². The van der Waals surface area contributed by atoms with Crippen molar-refractivity contribution in [3.8, 4) is 17.2 Å². The first-order valence-corrected chi connectivity index (χ1v) is 13.6. The lowest BCUT2D eigenvalue weighted by molar-refractivity contribution is -0.150. The van der Waals surface area contributed by atoms with Crippen LogP contribution < -0.4 is 11.1 Å². The third-order valence-electron chi connectivity index (χ3n) is 7.42. The van der Waals surface area contributed by atoms with Crippen LogP contribution in [0.3, 0.4) is 0 Å². The van der Waals surface area contributed by atoms with Gasteiger partial charge in [-0.05, 0) is 77.9 Å². The topological polar surface area (TPSA) is 105 Å². The number of cyclic esters (lactones) is 1. The number of ether oxygens (including phenoxy) is 1. The number of nitrogens with zero attached hydrogens (tertiary/aromatic N) is 1. The van der Waals surface area contributed by atoms with E-state index in [1.165, 1.54) is 18.2 Å². The monoisotopic (exact) mass is 565 g/mol. The van der Waals surface area contributed by atoms with E-state index in [1.54, 1.807) is 43.3 Å². The van der Waals surface area contributed by atoms with Crippen LogP contribution in [0.15, 0.2) is 84.9 Å². The lowest BCUT2D eigenvalue weighted by Gasteiger charge is -2.24. The molecule has 2 unspecified atom stereocenters. The summed E-state index contributed by atoms with van der Waals surface area (Å²) in [5.41, 5.74) is 8.16. The zero-order valence-electron chi connectivity index (χ0n) is 23.0. The van der Waals surface area contributed by atoms with Crippen molar-refractivity contribution in [1.29, 1.82) is 5.26 Å². The first-order chi connectivity index (χ1) is 20.1. The summed E-state index contributed by atoms with van der Waals surface area (Å²) in [5, 5.41) is 12.7. The highest BCUT2D eigenvalue weighted by atomic mass is 19.1. The SMILES string of the molecule is CC1(N)Cc2ccc(F)c(c2)CCC(c2ccccc2)NC(=O)c2cc(cc(-c3cccc(F)c3C#N)c2)COC1=O. The molecule has 0 saturated heterocycles. The predicted octanol–water partition coefficient (Wildman–Crippen LogP) is 5.92. The third kappa shape index (κ3) is 6.22. The Morgan fingerprint density at radius 2 is 1.69 bits per heavy atom. The van der Waals surface area contributed by atoms with E-state index >= 15 is 0 Å². The van der Waals surface area contributed by atoms with Gasteiger partial charge in [0.05, 0.1) is 11.6 Å². The molecule has 8 heteroatoms. The van der Waals surface area contributed by atoms with Gasteiger partial charge in [-0.1, -0.05) is 54.6 Å². The van der Waals surface area contributed by atoms with Crippen molar-refractivity contribution in [3.05, 3.63) is 130 Å². The fraction of sp³-hybridized carbons (Fsp3) is 0.206. The second kappa shape index (κ2) is 11.9. The number of nitriles is 1. The molecule has 5 rings (SSSR count). The number of nitrogens with two attached hydrogens (primary N) is 1. The van der Waals surface area contributed by atoms with Crippen LogP contribution in [0.25, 0.3) is 11.1 Å². The highest BCUT2D eigenvalue weighted by Gasteiger charge is 2.31. The standard InChI is InChI=1S/C34H29F2N3O3/c1-34(38)18-21-10-12-29(35)24(14-21)11-13-31(23-6-3-2-4-7-23)39-32(40)26-16-22(20-42-33(34)41)15-25(17-26)27-8-5-9-30(36)28(27)19-37/h2-10,12,14-17,31H,11,13,18,20,38H2,1H3,(H,39,40). The van der Waals surface area contributed by atoms with Crippen LogP contribution in [-0.4, -0.2) is 17.4 Å². The molecule has 0 aliphatic carbocycles. The van der Waals surface area contributed by atoms with Gasteiger partial charge >= 0.3 is 5.97 Å². The first kappa shape index (κ1) is 28.7.